The minimum Gasteiger partial charge on any atom is -0.396 e. The third-order valence-electron chi connectivity index (χ3n) is 8.29. The Morgan fingerprint density at radius 2 is 2.00 bits per heavy atom. The number of morpholine rings is 1. The van der Waals surface area contributed by atoms with Gasteiger partial charge in [0.2, 0.25) is 15.8 Å². The van der Waals surface area contributed by atoms with Crippen molar-refractivity contribution in [3.63, 3.8) is 0 Å². The zero-order chi connectivity index (χ0) is 29.6. The second-order valence-electron chi connectivity index (χ2n) is 10.7. The van der Waals surface area contributed by atoms with Gasteiger partial charge in [0.15, 0.2) is 5.65 Å². The number of hydrogen-bond acceptors (Lipinski definition) is 8. The molecule has 1 saturated heterocycles. The Bertz CT molecular complexity index is 1730. The van der Waals surface area contributed by atoms with Gasteiger partial charge in [-0.15, -0.1) is 10.2 Å². The van der Waals surface area contributed by atoms with Gasteiger partial charge in [-0.1, -0.05) is 18.2 Å². The fourth-order valence-electron chi connectivity index (χ4n) is 6.05. The van der Waals surface area contributed by atoms with E-state index in [0.29, 0.717) is 43.2 Å². The molecular formula is C29H32F2N6O4S. The highest BCUT2D eigenvalue weighted by molar-refractivity contribution is 7.89. The minimum absolute atomic E-state index is 0.102. The molecule has 0 radical (unpaired) electrons. The fourth-order valence-corrected chi connectivity index (χ4v) is 7.65. The van der Waals surface area contributed by atoms with E-state index in [1.165, 1.54) is 14.9 Å². The molecule has 4 aromatic rings. The summed E-state index contributed by atoms with van der Waals surface area (Å²) >= 11 is 0. The van der Waals surface area contributed by atoms with E-state index in [0.717, 1.165) is 22.3 Å². The summed E-state index contributed by atoms with van der Waals surface area (Å²) in [4.78, 5) is 6.65. The molecule has 0 spiro atoms. The molecule has 1 N–H and O–H groups in total. The highest BCUT2D eigenvalue weighted by Gasteiger charge is 2.39. The van der Waals surface area contributed by atoms with Gasteiger partial charge in [-0.3, -0.25) is 4.40 Å². The maximum atomic E-state index is 14.0. The molecule has 2 atom stereocenters. The van der Waals surface area contributed by atoms with Gasteiger partial charge in [0.1, 0.15) is 10.7 Å². The maximum Gasteiger partial charge on any atom is 0.297 e. The topological polar surface area (TPSA) is 113 Å². The lowest BCUT2D eigenvalue weighted by Crippen LogP contribution is -2.50. The van der Waals surface area contributed by atoms with Crippen LogP contribution in [0.4, 0.5) is 14.6 Å². The number of benzene rings is 1. The molecule has 0 aliphatic carbocycles. The molecule has 5 heterocycles. The molecule has 0 unspecified atom stereocenters. The van der Waals surface area contributed by atoms with Crippen molar-refractivity contribution in [3.8, 4) is 0 Å². The van der Waals surface area contributed by atoms with E-state index in [2.05, 4.69) is 15.2 Å². The van der Waals surface area contributed by atoms with Crippen LogP contribution < -0.4 is 4.90 Å². The number of hydrogen-bond donors (Lipinski definition) is 1. The average molecular weight is 599 g/mol. The number of aliphatic hydroxyl groups is 1. The Balaban J connectivity index is 1.38. The summed E-state index contributed by atoms with van der Waals surface area (Å²) in [6, 6.07) is 10.7. The summed E-state index contributed by atoms with van der Waals surface area (Å²) in [7, 11) is -3.87. The van der Waals surface area contributed by atoms with E-state index in [1.54, 1.807) is 31.3 Å². The van der Waals surface area contributed by atoms with Crippen LogP contribution in [0.25, 0.3) is 5.65 Å². The molecular weight excluding hydrogens is 566 g/mol. The molecule has 0 saturated carbocycles. The van der Waals surface area contributed by atoms with Crippen LogP contribution in [-0.4, -0.2) is 76.4 Å². The number of halogens is 2. The second-order valence-corrected chi connectivity index (χ2v) is 12.7. The lowest BCUT2D eigenvalue weighted by molar-refractivity contribution is 0.0878. The van der Waals surface area contributed by atoms with Crippen molar-refractivity contribution < 1.29 is 27.0 Å². The Labute approximate surface area is 242 Å². The van der Waals surface area contributed by atoms with Crippen molar-refractivity contribution in [1.82, 2.24) is 23.9 Å². The smallest absolute Gasteiger partial charge is 0.297 e. The van der Waals surface area contributed by atoms with E-state index in [9.17, 15) is 22.3 Å². The summed E-state index contributed by atoms with van der Waals surface area (Å²) in [5.74, 6) is -0.247. The number of alkyl halides is 2. The van der Waals surface area contributed by atoms with Crippen molar-refractivity contribution in [2.24, 2.45) is 0 Å². The predicted octanol–water partition coefficient (Wildman–Crippen LogP) is 3.60. The second kappa shape index (κ2) is 11.3. The third-order valence-corrected chi connectivity index (χ3v) is 10.1. The summed E-state index contributed by atoms with van der Waals surface area (Å²) in [6.07, 6.45) is 0.762. The third kappa shape index (κ3) is 4.93. The van der Waals surface area contributed by atoms with Gasteiger partial charge in [0.25, 0.3) is 6.43 Å². The van der Waals surface area contributed by atoms with E-state index in [4.69, 9.17) is 4.74 Å². The first-order valence-corrected chi connectivity index (χ1v) is 15.3. The molecule has 0 amide bonds. The number of aliphatic hydroxyl groups excluding tert-OH is 1. The lowest BCUT2D eigenvalue weighted by Gasteiger charge is -2.36. The van der Waals surface area contributed by atoms with Gasteiger partial charge in [0, 0.05) is 44.6 Å². The molecule has 1 fully saturated rings. The molecule has 3 aromatic heterocycles. The van der Waals surface area contributed by atoms with Crippen LogP contribution in [-0.2, 0) is 21.3 Å². The first-order chi connectivity index (χ1) is 20.2. The van der Waals surface area contributed by atoms with Crippen LogP contribution in [0.2, 0.25) is 0 Å². The lowest BCUT2D eigenvalue weighted by atomic mass is 9.85. The molecule has 1 aromatic carbocycles. The number of aromatic nitrogens is 4. The fraction of sp³-hybridized carbons (Fsp3) is 0.414. The van der Waals surface area contributed by atoms with Gasteiger partial charge >= 0.3 is 0 Å². The maximum absolute atomic E-state index is 14.0. The normalized spacial score (nSPS) is 19.5. The number of aryl methyl sites for hydroxylation is 2. The Kier molecular flexibility index (Phi) is 7.68. The van der Waals surface area contributed by atoms with Crippen molar-refractivity contribution in [2.45, 2.75) is 50.1 Å². The van der Waals surface area contributed by atoms with Crippen molar-refractivity contribution >= 4 is 21.5 Å². The molecule has 6 rings (SSSR count). The van der Waals surface area contributed by atoms with Crippen molar-refractivity contribution in [2.75, 3.05) is 37.8 Å². The predicted molar refractivity (Wildman–Crippen MR) is 151 cm³/mol. The Morgan fingerprint density at radius 3 is 2.79 bits per heavy atom. The molecule has 0 bridgehead atoms. The number of anilines is 1. The first kappa shape index (κ1) is 28.6. The quantitative estimate of drug-likeness (QED) is 0.344. The van der Waals surface area contributed by atoms with Crippen LogP contribution in [0.15, 0.2) is 53.7 Å². The largest absolute Gasteiger partial charge is 0.396 e. The summed E-state index contributed by atoms with van der Waals surface area (Å²) in [6.45, 7) is 5.50. The summed E-state index contributed by atoms with van der Waals surface area (Å²) < 4.78 is 63.3. The van der Waals surface area contributed by atoms with Crippen molar-refractivity contribution in [3.05, 3.63) is 82.4 Å². The highest BCUT2D eigenvalue weighted by atomic mass is 32.2. The van der Waals surface area contributed by atoms with E-state index in [-0.39, 0.29) is 36.6 Å². The number of nitrogens with zero attached hydrogens (tertiary/aromatic N) is 6. The van der Waals surface area contributed by atoms with E-state index < -0.39 is 22.3 Å². The van der Waals surface area contributed by atoms with Gasteiger partial charge in [-0.05, 0) is 66.3 Å². The molecule has 13 heteroatoms. The zero-order valence-corrected chi connectivity index (χ0v) is 24.1. The number of sulfonamides is 1. The summed E-state index contributed by atoms with van der Waals surface area (Å²) in [5, 5.41) is 17.7. The van der Waals surface area contributed by atoms with Gasteiger partial charge in [-0.25, -0.2) is 22.2 Å². The Hall–Kier alpha value is -3.52. The van der Waals surface area contributed by atoms with Crippen LogP contribution in [0.1, 0.15) is 52.4 Å². The van der Waals surface area contributed by atoms with E-state index >= 15 is 0 Å². The van der Waals surface area contributed by atoms with Crippen LogP contribution in [0.3, 0.4) is 0 Å². The van der Waals surface area contributed by atoms with Gasteiger partial charge in [0.05, 0.1) is 19.3 Å². The standard InChI is InChI=1S/C29H32F2N6O4S/c1-18-5-6-20(24(8-12-38)23-7-10-37-27(19(23)2)33-34-29(37)26(30)31)14-21(18)15-35-16-22-17-41-13-11-36(22)28-25(42(35,39)40)4-3-9-32-28/h3-7,9-10,14,22,24,26,38H,8,11-13,15-17H2,1-2H3/t22-,24+/m1/s1. The number of fused-ring (bicyclic) bond motifs is 4. The van der Waals surface area contributed by atoms with Crippen LogP contribution in [0.5, 0.6) is 0 Å². The van der Waals surface area contributed by atoms with Crippen LogP contribution >= 0.6 is 0 Å². The number of ether oxygens (including phenoxy) is 1. The van der Waals surface area contributed by atoms with E-state index in [1.807, 2.05) is 30.0 Å². The van der Waals surface area contributed by atoms with Crippen LogP contribution in [0, 0.1) is 13.8 Å². The molecule has 222 valence electrons. The first-order valence-electron chi connectivity index (χ1n) is 13.8. The van der Waals surface area contributed by atoms with Gasteiger partial charge < -0.3 is 14.7 Å². The van der Waals surface area contributed by atoms with Gasteiger partial charge in [-0.2, -0.15) is 4.31 Å². The SMILES string of the molecule is Cc1ccc([C@H](CCO)c2ccn3c(C(F)F)nnc3c2C)cc1CN1C[C@@H]2COCCN2c2ncccc2S1(=O)=O. The number of rotatable bonds is 7. The highest BCUT2D eigenvalue weighted by Crippen LogP contribution is 2.36. The number of pyridine rings is 2. The molecule has 42 heavy (non-hydrogen) atoms. The Morgan fingerprint density at radius 1 is 1.17 bits per heavy atom. The molecule has 2 aliphatic heterocycles. The molecule has 10 nitrogen and oxygen atoms in total. The van der Waals surface area contributed by atoms with Crippen molar-refractivity contribution in [1.29, 1.82) is 0 Å². The zero-order valence-electron chi connectivity index (χ0n) is 23.3. The minimum atomic E-state index is -3.87. The average Bonchev–Trinajstić information content (AvgIpc) is 3.40. The molecule has 2 aliphatic rings. The monoisotopic (exact) mass is 598 g/mol. The summed E-state index contributed by atoms with van der Waals surface area (Å²) in [5.41, 5.74) is 4.49.